The summed E-state index contributed by atoms with van der Waals surface area (Å²) in [5.74, 6) is 1.67. The van der Waals surface area contributed by atoms with E-state index >= 15 is 0 Å². The summed E-state index contributed by atoms with van der Waals surface area (Å²) in [6, 6.07) is 12.1. The second kappa shape index (κ2) is 8.90. The van der Waals surface area contributed by atoms with Crippen LogP contribution in [0.1, 0.15) is 49.3 Å². The molecule has 32 heavy (non-hydrogen) atoms. The van der Waals surface area contributed by atoms with Gasteiger partial charge in [-0.05, 0) is 38.3 Å². The Morgan fingerprint density at radius 1 is 1.12 bits per heavy atom. The van der Waals surface area contributed by atoms with Crippen molar-refractivity contribution in [3.05, 3.63) is 58.7 Å². The molecule has 0 aliphatic carbocycles. The van der Waals surface area contributed by atoms with Crippen LogP contribution in [0.15, 0.2) is 41.6 Å². The molecule has 2 aromatic carbocycles. The van der Waals surface area contributed by atoms with Gasteiger partial charge in [-0.25, -0.2) is 0 Å². The van der Waals surface area contributed by atoms with Gasteiger partial charge >= 0.3 is 0 Å². The van der Waals surface area contributed by atoms with Crippen LogP contribution < -0.4 is 9.64 Å². The number of carbonyl (C=O) groups is 1. The number of thioether (sulfide) groups is 1. The zero-order chi connectivity index (χ0) is 23.0. The van der Waals surface area contributed by atoms with E-state index in [9.17, 15) is 4.79 Å². The molecule has 0 fully saturated rings. The van der Waals surface area contributed by atoms with Gasteiger partial charge in [-0.2, -0.15) is 4.98 Å². The van der Waals surface area contributed by atoms with Crippen molar-refractivity contribution < 1.29 is 9.53 Å². The number of nitrogens with zero attached hydrogens (tertiary/aromatic N) is 4. The van der Waals surface area contributed by atoms with Crippen molar-refractivity contribution in [3.8, 4) is 17.1 Å². The maximum Gasteiger partial charge on any atom is 0.247 e. The van der Waals surface area contributed by atoms with Crippen LogP contribution in [-0.4, -0.2) is 26.8 Å². The third-order valence-corrected chi connectivity index (χ3v) is 6.51. The van der Waals surface area contributed by atoms with Gasteiger partial charge in [-0.3, -0.25) is 9.69 Å². The molecule has 166 valence electrons. The summed E-state index contributed by atoms with van der Waals surface area (Å²) in [5.41, 5.74) is 6.18. The second-order valence-corrected chi connectivity index (χ2v) is 9.69. The normalized spacial score (nSPS) is 15.1. The zero-order valence-electron chi connectivity index (χ0n) is 19.3. The highest BCUT2D eigenvalue weighted by atomic mass is 32.2. The lowest BCUT2D eigenvalue weighted by molar-refractivity contribution is -0.118. The number of hydrogen-bond acceptors (Lipinski definition) is 6. The van der Waals surface area contributed by atoms with Gasteiger partial charge in [0, 0.05) is 23.8 Å². The molecule has 0 radical (unpaired) electrons. The summed E-state index contributed by atoms with van der Waals surface area (Å²) in [7, 11) is 0. The van der Waals surface area contributed by atoms with E-state index in [-0.39, 0.29) is 5.91 Å². The fraction of sp³-hybridized carbons (Fsp3) is 0.360. The van der Waals surface area contributed by atoms with Crippen LogP contribution in [0.5, 0.6) is 5.88 Å². The Bertz CT molecular complexity index is 1180. The maximum absolute atomic E-state index is 13.0. The van der Waals surface area contributed by atoms with Gasteiger partial charge in [0.05, 0.1) is 5.69 Å². The van der Waals surface area contributed by atoms with Crippen molar-refractivity contribution in [2.45, 2.75) is 52.9 Å². The fourth-order valence-corrected chi connectivity index (χ4v) is 4.68. The maximum atomic E-state index is 13.0. The zero-order valence-corrected chi connectivity index (χ0v) is 20.2. The van der Waals surface area contributed by atoms with Crippen molar-refractivity contribution >= 4 is 23.4 Å². The van der Waals surface area contributed by atoms with Crippen LogP contribution in [0, 0.1) is 26.7 Å². The SMILES string of the molecule is CC(=O)N1c2c(C)cc(C)cc2-c2nnc(SCC(C)C)nc2O[C@@H]1c1cccc(C)c1. The largest absolute Gasteiger partial charge is 0.447 e. The van der Waals surface area contributed by atoms with Gasteiger partial charge < -0.3 is 4.74 Å². The fourth-order valence-electron chi connectivity index (χ4n) is 3.95. The molecule has 1 amide bonds. The molecule has 3 aromatic rings. The van der Waals surface area contributed by atoms with Gasteiger partial charge in [0.25, 0.3) is 0 Å². The molecule has 7 heteroatoms. The van der Waals surface area contributed by atoms with Gasteiger partial charge in [0.2, 0.25) is 23.2 Å². The van der Waals surface area contributed by atoms with Crippen LogP contribution >= 0.6 is 11.8 Å². The first-order valence-corrected chi connectivity index (χ1v) is 11.7. The highest BCUT2D eigenvalue weighted by Crippen LogP contribution is 2.45. The van der Waals surface area contributed by atoms with E-state index in [1.165, 1.54) is 0 Å². The lowest BCUT2D eigenvalue weighted by atomic mass is 10.00. The van der Waals surface area contributed by atoms with Crippen molar-refractivity contribution in [1.29, 1.82) is 0 Å². The Labute approximate surface area is 193 Å². The Balaban J connectivity index is 1.95. The van der Waals surface area contributed by atoms with E-state index in [0.717, 1.165) is 39.3 Å². The quantitative estimate of drug-likeness (QED) is 0.480. The minimum Gasteiger partial charge on any atom is -0.447 e. The Morgan fingerprint density at radius 2 is 1.91 bits per heavy atom. The number of rotatable bonds is 4. The number of hydrogen-bond donors (Lipinski definition) is 0. The molecule has 1 atom stereocenters. The molecule has 1 aliphatic heterocycles. The molecule has 0 saturated carbocycles. The Hall–Kier alpha value is -2.93. The summed E-state index contributed by atoms with van der Waals surface area (Å²) >= 11 is 1.56. The summed E-state index contributed by atoms with van der Waals surface area (Å²) in [5, 5.41) is 9.46. The first-order chi connectivity index (χ1) is 15.2. The average molecular weight is 449 g/mol. The molecule has 4 rings (SSSR count). The number of benzene rings is 2. The van der Waals surface area contributed by atoms with Crippen LogP contribution in [0.25, 0.3) is 11.3 Å². The van der Waals surface area contributed by atoms with Gasteiger partial charge in [-0.1, -0.05) is 67.1 Å². The third-order valence-electron chi connectivity index (χ3n) is 5.25. The van der Waals surface area contributed by atoms with Crippen molar-refractivity contribution in [2.75, 3.05) is 10.7 Å². The first-order valence-electron chi connectivity index (χ1n) is 10.8. The minimum atomic E-state index is -0.659. The van der Waals surface area contributed by atoms with Gasteiger partial charge in [0.15, 0.2) is 5.69 Å². The Kier molecular flexibility index (Phi) is 6.20. The van der Waals surface area contributed by atoms with E-state index in [2.05, 4.69) is 30.1 Å². The van der Waals surface area contributed by atoms with E-state index < -0.39 is 6.23 Å². The third kappa shape index (κ3) is 4.35. The van der Waals surface area contributed by atoms with E-state index in [0.29, 0.717) is 22.6 Å². The lowest BCUT2D eigenvalue weighted by Gasteiger charge is -2.31. The van der Waals surface area contributed by atoms with Crippen molar-refractivity contribution in [1.82, 2.24) is 15.2 Å². The molecular weight excluding hydrogens is 420 g/mol. The molecule has 0 N–H and O–H groups in total. The number of aryl methyl sites for hydroxylation is 3. The first kappa shape index (κ1) is 22.3. The molecule has 0 spiro atoms. The second-order valence-electron chi connectivity index (χ2n) is 8.70. The predicted molar refractivity (Wildman–Crippen MR) is 128 cm³/mol. The lowest BCUT2D eigenvalue weighted by Crippen LogP contribution is -2.36. The summed E-state index contributed by atoms with van der Waals surface area (Å²) in [6.45, 7) is 11.9. The number of amides is 1. The van der Waals surface area contributed by atoms with E-state index in [1.54, 1.807) is 23.6 Å². The summed E-state index contributed by atoms with van der Waals surface area (Å²) in [4.78, 5) is 19.4. The average Bonchev–Trinajstić information content (AvgIpc) is 2.87. The van der Waals surface area contributed by atoms with Crippen molar-refractivity contribution in [3.63, 3.8) is 0 Å². The number of fused-ring (bicyclic) bond motifs is 3. The Morgan fingerprint density at radius 3 is 2.59 bits per heavy atom. The smallest absolute Gasteiger partial charge is 0.247 e. The molecule has 2 heterocycles. The van der Waals surface area contributed by atoms with Gasteiger partial charge in [0.1, 0.15) is 0 Å². The summed E-state index contributed by atoms with van der Waals surface area (Å²) < 4.78 is 6.47. The molecular formula is C25H28N4O2S. The van der Waals surface area contributed by atoms with Crippen LogP contribution in [-0.2, 0) is 4.79 Å². The topological polar surface area (TPSA) is 68.2 Å². The highest BCUT2D eigenvalue weighted by Gasteiger charge is 2.35. The minimum absolute atomic E-state index is 0.111. The number of anilines is 1. The molecule has 0 unspecified atom stereocenters. The predicted octanol–water partition coefficient (Wildman–Crippen LogP) is 5.66. The standard InChI is InChI=1S/C25H28N4O2S/c1-14(2)13-32-25-26-23-21(27-28-25)20-12-16(4)10-17(5)22(20)29(18(6)30)24(31-23)19-9-7-8-15(3)11-19/h7-12,14,24H,13H2,1-6H3/t24-/m1/s1. The monoisotopic (exact) mass is 448 g/mol. The van der Waals surface area contributed by atoms with Crippen molar-refractivity contribution in [2.24, 2.45) is 5.92 Å². The number of ether oxygens (including phenoxy) is 1. The molecule has 1 aliphatic rings. The van der Waals surface area contributed by atoms with Crippen LogP contribution in [0.2, 0.25) is 0 Å². The summed E-state index contributed by atoms with van der Waals surface area (Å²) in [6.07, 6.45) is -0.659. The highest BCUT2D eigenvalue weighted by molar-refractivity contribution is 7.99. The molecule has 0 saturated heterocycles. The number of carbonyl (C=O) groups excluding carboxylic acids is 1. The van der Waals surface area contributed by atoms with Crippen LogP contribution in [0.3, 0.4) is 0 Å². The molecule has 0 bridgehead atoms. The van der Waals surface area contributed by atoms with Gasteiger partial charge in [-0.15, -0.1) is 10.2 Å². The van der Waals surface area contributed by atoms with E-state index in [4.69, 9.17) is 9.72 Å². The van der Waals surface area contributed by atoms with Crippen LogP contribution in [0.4, 0.5) is 5.69 Å². The molecule has 6 nitrogen and oxygen atoms in total. The molecule has 1 aromatic heterocycles. The van der Waals surface area contributed by atoms with E-state index in [1.807, 2.05) is 51.1 Å². The number of aromatic nitrogens is 3.